The summed E-state index contributed by atoms with van der Waals surface area (Å²) in [5.74, 6) is -2.39. The van der Waals surface area contributed by atoms with Crippen molar-refractivity contribution in [3.05, 3.63) is 81.7 Å². The second kappa shape index (κ2) is 10.8. The minimum absolute atomic E-state index is 0.0427. The van der Waals surface area contributed by atoms with Gasteiger partial charge in [0.25, 0.3) is 11.8 Å². The maximum atomic E-state index is 13.0. The first kappa shape index (κ1) is 24.7. The number of hydrogen-bond acceptors (Lipinski definition) is 7. The molecule has 0 aliphatic heterocycles. The number of benzene rings is 2. The van der Waals surface area contributed by atoms with Crippen LogP contribution in [-0.2, 0) is 14.3 Å². The molecule has 2 aromatic carbocycles. The van der Waals surface area contributed by atoms with Crippen LogP contribution >= 0.6 is 11.3 Å². The van der Waals surface area contributed by atoms with Crippen LogP contribution < -0.4 is 10.2 Å². The summed E-state index contributed by atoms with van der Waals surface area (Å²) in [6.07, 6.45) is 0. The number of esters is 2. The molecule has 8 nitrogen and oxygen atoms in total. The summed E-state index contributed by atoms with van der Waals surface area (Å²) < 4.78 is 9.96. The maximum Gasteiger partial charge on any atom is 0.341 e. The van der Waals surface area contributed by atoms with Crippen molar-refractivity contribution in [3.8, 4) is 0 Å². The number of nitrogens with one attached hydrogen (secondary N) is 1. The third kappa shape index (κ3) is 5.32. The fourth-order valence-corrected chi connectivity index (χ4v) is 4.30. The third-order valence-corrected chi connectivity index (χ3v) is 6.31. The van der Waals surface area contributed by atoms with Crippen LogP contribution in [0, 0.1) is 13.8 Å². The predicted molar refractivity (Wildman–Crippen MR) is 130 cm³/mol. The number of aryl methyl sites for hydroxylation is 1. The lowest BCUT2D eigenvalue weighted by Crippen LogP contribution is -2.28. The Kier molecular flexibility index (Phi) is 7.80. The summed E-state index contributed by atoms with van der Waals surface area (Å²) in [5.41, 5.74) is 1.83. The van der Waals surface area contributed by atoms with Crippen LogP contribution in [-0.4, -0.2) is 44.5 Å². The van der Waals surface area contributed by atoms with E-state index in [0.717, 1.165) is 4.88 Å². The monoisotopic (exact) mass is 480 g/mol. The molecule has 1 N–H and O–H groups in total. The Morgan fingerprint density at radius 3 is 2.18 bits per heavy atom. The quantitative estimate of drug-likeness (QED) is 0.508. The lowest BCUT2D eigenvalue weighted by Gasteiger charge is -2.18. The van der Waals surface area contributed by atoms with Crippen molar-refractivity contribution in [1.82, 2.24) is 0 Å². The average Bonchev–Trinajstić information content (AvgIpc) is 3.14. The van der Waals surface area contributed by atoms with E-state index in [2.05, 4.69) is 5.32 Å². The lowest BCUT2D eigenvalue weighted by atomic mass is 10.1. The van der Waals surface area contributed by atoms with Gasteiger partial charge in [-0.15, -0.1) is 11.3 Å². The van der Waals surface area contributed by atoms with Crippen LogP contribution in [0.3, 0.4) is 0 Å². The molecule has 34 heavy (non-hydrogen) atoms. The normalized spacial score (nSPS) is 10.4. The van der Waals surface area contributed by atoms with E-state index in [9.17, 15) is 19.2 Å². The number of methoxy groups -OCH3 is 1. The van der Waals surface area contributed by atoms with Crippen LogP contribution in [0.4, 0.5) is 10.7 Å². The Hall–Kier alpha value is -3.98. The van der Waals surface area contributed by atoms with Gasteiger partial charge < -0.3 is 19.7 Å². The molecule has 0 spiro atoms. The van der Waals surface area contributed by atoms with E-state index in [1.807, 2.05) is 13.0 Å². The molecule has 0 saturated carbocycles. The highest BCUT2D eigenvalue weighted by Gasteiger charge is 2.24. The molecule has 0 atom stereocenters. The number of para-hydroxylation sites is 1. The number of anilines is 2. The fourth-order valence-electron chi connectivity index (χ4n) is 3.23. The van der Waals surface area contributed by atoms with Gasteiger partial charge >= 0.3 is 11.9 Å². The van der Waals surface area contributed by atoms with Crippen molar-refractivity contribution in [2.24, 2.45) is 0 Å². The topological polar surface area (TPSA) is 102 Å². The van der Waals surface area contributed by atoms with Crippen molar-refractivity contribution in [2.45, 2.75) is 13.8 Å². The van der Waals surface area contributed by atoms with Crippen molar-refractivity contribution >= 4 is 45.8 Å². The molecule has 0 fully saturated rings. The lowest BCUT2D eigenvalue weighted by molar-refractivity contribution is -0.119. The molecule has 0 bridgehead atoms. The Labute approximate surface area is 201 Å². The standard InChI is InChI=1S/C25H24N2O6S/c1-15-16(2)34-22(21(15)25(31)32-4)26-20(28)14-33-24(30)19-13-9-8-12-18(19)23(29)27(3)17-10-6-5-7-11-17/h5-13H,14H2,1-4H3,(H,26,28). The van der Waals surface area contributed by atoms with Crippen LogP contribution in [0.1, 0.15) is 41.5 Å². The summed E-state index contributed by atoms with van der Waals surface area (Å²) in [5, 5.41) is 2.92. The zero-order chi connectivity index (χ0) is 24.8. The Morgan fingerprint density at radius 1 is 0.912 bits per heavy atom. The number of hydrogen-bond donors (Lipinski definition) is 1. The molecule has 3 rings (SSSR count). The number of amides is 2. The Morgan fingerprint density at radius 2 is 1.53 bits per heavy atom. The first-order valence-corrected chi connectivity index (χ1v) is 11.1. The molecule has 2 amide bonds. The van der Waals surface area contributed by atoms with Gasteiger partial charge in [-0.05, 0) is 43.7 Å². The van der Waals surface area contributed by atoms with Gasteiger partial charge in [-0.25, -0.2) is 9.59 Å². The Bertz CT molecular complexity index is 1240. The highest BCUT2D eigenvalue weighted by molar-refractivity contribution is 7.16. The van der Waals surface area contributed by atoms with Crippen molar-refractivity contribution in [1.29, 1.82) is 0 Å². The van der Waals surface area contributed by atoms with Gasteiger partial charge in [-0.1, -0.05) is 30.3 Å². The first-order valence-electron chi connectivity index (χ1n) is 10.3. The summed E-state index contributed by atoms with van der Waals surface area (Å²) in [4.78, 5) is 52.5. The molecule has 0 saturated heterocycles. The molecular weight excluding hydrogens is 456 g/mol. The van der Waals surface area contributed by atoms with Gasteiger partial charge in [0.1, 0.15) is 5.00 Å². The van der Waals surface area contributed by atoms with Gasteiger partial charge in [0.2, 0.25) is 0 Å². The van der Waals surface area contributed by atoms with Gasteiger partial charge in [0.05, 0.1) is 23.8 Å². The molecule has 1 heterocycles. The second-order valence-corrected chi connectivity index (χ2v) is 8.57. The van der Waals surface area contributed by atoms with Crippen LogP contribution in [0.15, 0.2) is 54.6 Å². The average molecular weight is 481 g/mol. The minimum atomic E-state index is -0.813. The second-order valence-electron chi connectivity index (χ2n) is 7.35. The zero-order valence-electron chi connectivity index (χ0n) is 19.2. The molecule has 3 aromatic rings. The molecule has 0 aliphatic rings. The van der Waals surface area contributed by atoms with E-state index in [1.165, 1.54) is 35.5 Å². The largest absolute Gasteiger partial charge is 0.465 e. The summed E-state index contributed by atoms with van der Waals surface area (Å²) in [7, 11) is 2.87. The van der Waals surface area contributed by atoms with Crippen molar-refractivity contribution in [2.75, 3.05) is 31.0 Å². The Balaban J connectivity index is 1.71. The number of rotatable bonds is 7. The number of nitrogens with zero attached hydrogens (tertiary/aromatic N) is 1. The minimum Gasteiger partial charge on any atom is -0.465 e. The highest BCUT2D eigenvalue weighted by atomic mass is 32.1. The van der Waals surface area contributed by atoms with E-state index < -0.39 is 30.4 Å². The predicted octanol–water partition coefficient (Wildman–Crippen LogP) is 4.22. The maximum absolute atomic E-state index is 13.0. The SMILES string of the molecule is COC(=O)c1c(NC(=O)COC(=O)c2ccccc2C(=O)N(C)c2ccccc2)sc(C)c1C. The molecular formula is C25H24N2O6S. The van der Waals surface area contributed by atoms with E-state index in [1.54, 1.807) is 50.4 Å². The summed E-state index contributed by atoms with van der Waals surface area (Å²) in [6.45, 7) is 2.99. The third-order valence-electron chi connectivity index (χ3n) is 5.19. The number of carbonyl (C=O) groups excluding carboxylic acids is 4. The molecule has 1 aromatic heterocycles. The molecule has 0 aliphatic carbocycles. The number of ether oxygens (including phenoxy) is 2. The molecule has 176 valence electrons. The first-order chi connectivity index (χ1) is 16.2. The summed E-state index contributed by atoms with van der Waals surface area (Å²) in [6, 6.07) is 15.2. The fraction of sp³-hybridized carbons (Fsp3) is 0.200. The van der Waals surface area contributed by atoms with E-state index in [-0.39, 0.29) is 16.7 Å². The van der Waals surface area contributed by atoms with Crippen LogP contribution in [0.2, 0.25) is 0 Å². The van der Waals surface area contributed by atoms with Gasteiger partial charge in [-0.3, -0.25) is 9.59 Å². The van der Waals surface area contributed by atoms with Crippen molar-refractivity contribution in [3.63, 3.8) is 0 Å². The van der Waals surface area contributed by atoms with E-state index in [0.29, 0.717) is 16.3 Å². The molecule has 0 unspecified atom stereocenters. The van der Waals surface area contributed by atoms with Crippen LogP contribution in [0.25, 0.3) is 0 Å². The van der Waals surface area contributed by atoms with E-state index in [4.69, 9.17) is 9.47 Å². The molecule has 9 heteroatoms. The number of thiophene rings is 1. The molecule has 0 radical (unpaired) electrons. The van der Waals surface area contributed by atoms with Crippen LogP contribution in [0.5, 0.6) is 0 Å². The van der Waals surface area contributed by atoms with Gasteiger partial charge in [0.15, 0.2) is 6.61 Å². The summed E-state index contributed by atoms with van der Waals surface area (Å²) >= 11 is 1.23. The van der Waals surface area contributed by atoms with E-state index >= 15 is 0 Å². The highest BCUT2D eigenvalue weighted by Crippen LogP contribution is 2.32. The van der Waals surface area contributed by atoms with Crippen molar-refractivity contribution < 1.29 is 28.7 Å². The van der Waals surface area contributed by atoms with Gasteiger partial charge in [0, 0.05) is 17.6 Å². The number of carbonyl (C=O) groups is 4. The smallest absolute Gasteiger partial charge is 0.341 e. The van der Waals surface area contributed by atoms with Gasteiger partial charge in [-0.2, -0.15) is 0 Å². The zero-order valence-corrected chi connectivity index (χ0v) is 20.0.